The van der Waals surface area contributed by atoms with Crippen molar-refractivity contribution >= 4 is 33.1 Å². The van der Waals surface area contributed by atoms with E-state index in [4.69, 9.17) is 10.3 Å². The second-order valence-corrected chi connectivity index (χ2v) is 6.41. The molecule has 0 aliphatic carbocycles. The topological polar surface area (TPSA) is 113 Å². The molecule has 1 amide bonds. The molecule has 7 nitrogen and oxygen atoms in total. The summed E-state index contributed by atoms with van der Waals surface area (Å²) in [5, 5.41) is 5.42. The molecule has 0 atom stereocenters. The molecular weight excluding hydrogens is 318 g/mol. The lowest BCUT2D eigenvalue weighted by molar-refractivity contribution is -0.116. The molecule has 0 radical (unpaired) electrons. The molecule has 0 bridgehead atoms. The van der Waals surface area contributed by atoms with Crippen LogP contribution in [0.25, 0.3) is 0 Å². The standard InChI is InChI=1S/C15H13N3O4S/c16-12-8-11(23(20,21)22)6-7-14(12)18-15(19)9-13(17-18)10-4-2-1-3-5-10/h1-8H,9,16H2,(H,20,21,22). The van der Waals surface area contributed by atoms with E-state index in [9.17, 15) is 13.2 Å². The van der Waals surface area contributed by atoms with Gasteiger partial charge in [0.2, 0.25) is 0 Å². The van der Waals surface area contributed by atoms with Gasteiger partial charge in [-0.2, -0.15) is 18.5 Å². The number of hydrogen-bond donors (Lipinski definition) is 2. The number of rotatable bonds is 3. The highest BCUT2D eigenvalue weighted by molar-refractivity contribution is 7.85. The summed E-state index contributed by atoms with van der Waals surface area (Å²) in [5.74, 6) is -0.268. The van der Waals surface area contributed by atoms with Crippen LogP contribution in [0, 0.1) is 0 Å². The van der Waals surface area contributed by atoms with Gasteiger partial charge < -0.3 is 5.73 Å². The van der Waals surface area contributed by atoms with Gasteiger partial charge in [-0.3, -0.25) is 9.35 Å². The minimum Gasteiger partial charge on any atom is -0.397 e. The van der Waals surface area contributed by atoms with Crippen molar-refractivity contribution in [3.05, 3.63) is 54.1 Å². The first-order chi connectivity index (χ1) is 10.9. The lowest BCUT2D eigenvalue weighted by Gasteiger charge is -2.14. The Morgan fingerprint density at radius 1 is 1.13 bits per heavy atom. The summed E-state index contributed by atoms with van der Waals surface area (Å²) in [7, 11) is -4.35. The molecule has 1 aliphatic heterocycles. The third kappa shape index (κ3) is 2.94. The second kappa shape index (κ2) is 5.49. The Balaban J connectivity index is 1.99. The first kappa shape index (κ1) is 15.2. The molecule has 0 fully saturated rings. The van der Waals surface area contributed by atoms with Gasteiger partial charge >= 0.3 is 0 Å². The molecule has 1 aliphatic rings. The SMILES string of the molecule is Nc1cc(S(=O)(=O)O)ccc1N1N=C(c2ccccc2)CC1=O. The average Bonchev–Trinajstić information content (AvgIpc) is 2.89. The molecular formula is C15H13N3O4S. The monoisotopic (exact) mass is 331 g/mol. The number of nitrogen functional groups attached to an aromatic ring is 1. The number of hydrazone groups is 1. The molecule has 3 rings (SSSR count). The van der Waals surface area contributed by atoms with E-state index in [0.717, 1.165) is 16.6 Å². The summed E-state index contributed by atoms with van der Waals surface area (Å²) >= 11 is 0. The number of carbonyl (C=O) groups excluding carboxylic acids is 1. The van der Waals surface area contributed by atoms with E-state index >= 15 is 0 Å². The minimum atomic E-state index is -4.35. The Kier molecular flexibility index (Phi) is 3.63. The Bertz CT molecular complexity index is 908. The molecule has 23 heavy (non-hydrogen) atoms. The van der Waals surface area contributed by atoms with Crippen molar-refractivity contribution in [1.82, 2.24) is 0 Å². The maximum Gasteiger partial charge on any atom is 0.294 e. The van der Waals surface area contributed by atoms with Gasteiger partial charge in [-0.25, -0.2) is 0 Å². The van der Waals surface area contributed by atoms with Crippen molar-refractivity contribution in [2.75, 3.05) is 10.7 Å². The zero-order valence-electron chi connectivity index (χ0n) is 11.9. The van der Waals surface area contributed by atoms with E-state index < -0.39 is 10.1 Å². The van der Waals surface area contributed by atoms with Crippen LogP contribution in [-0.2, 0) is 14.9 Å². The molecule has 3 N–H and O–H groups in total. The number of carbonyl (C=O) groups is 1. The quantitative estimate of drug-likeness (QED) is 0.656. The van der Waals surface area contributed by atoms with E-state index in [2.05, 4.69) is 5.10 Å². The summed E-state index contributed by atoms with van der Waals surface area (Å²) in [4.78, 5) is 11.8. The Morgan fingerprint density at radius 3 is 2.43 bits per heavy atom. The highest BCUT2D eigenvalue weighted by Crippen LogP contribution is 2.30. The van der Waals surface area contributed by atoms with Crippen LogP contribution < -0.4 is 10.7 Å². The summed E-state index contributed by atoms with van der Waals surface area (Å²) in [6.45, 7) is 0. The summed E-state index contributed by atoms with van der Waals surface area (Å²) in [6.07, 6.45) is 0.128. The molecule has 0 unspecified atom stereocenters. The van der Waals surface area contributed by atoms with Gasteiger partial charge in [0.25, 0.3) is 16.0 Å². The van der Waals surface area contributed by atoms with Gasteiger partial charge in [0.1, 0.15) is 0 Å². The first-order valence-corrected chi connectivity index (χ1v) is 8.13. The summed E-state index contributed by atoms with van der Waals surface area (Å²) in [6, 6.07) is 12.9. The highest BCUT2D eigenvalue weighted by atomic mass is 32.2. The molecule has 1 heterocycles. The van der Waals surface area contributed by atoms with Crippen LogP contribution in [0.4, 0.5) is 11.4 Å². The number of benzene rings is 2. The maximum atomic E-state index is 12.2. The predicted octanol–water partition coefficient (Wildman–Crippen LogP) is 1.66. The van der Waals surface area contributed by atoms with Crippen LogP contribution in [-0.4, -0.2) is 24.6 Å². The fourth-order valence-electron chi connectivity index (χ4n) is 2.29. The Morgan fingerprint density at radius 2 is 1.83 bits per heavy atom. The van der Waals surface area contributed by atoms with Crippen LogP contribution >= 0.6 is 0 Å². The van der Waals surface area contributed by atoms with E-state index in [1.807, 2.05) is 30.3 Å². The van der Waals surface area contributed by atoms with Gasteiger partial charge in [0, 0.05) is 0 Å². The van der Waals surface area contributed by atoms with Gasteiger partial charge in [0.05, 0.1) is 28.4 Å². The van der Waals surface area contributed by atoms with Gasteiger partial charge in [0.15, 0.2) is 0 Å². The van der Waals surface area contributed by atoms with Crippen LogP contribution in [0.3, 0.4) is 0 Å². The number of hydrogen-bond acceptors (Lipinski definition) is 5. The van der Waals surface area contributed by atoms with Crippen molar-refractivity contribution in [3.8, 4) is 0 Å². The van der Waals surface area contributed by atoms with Crippen molar-refractivity contribution in [2.45, 2.75) is 11.3 Å². The van der Waals surface area contributed by atoms with Crippen LogP contribution in [0.15, 0.2) is 58.5 Å². The Hall–Kier alpha value is -2.71. The smallest absolute Gasteiger partial charge is 0.294 e. The zero-order valence-corrected chi connectivity index (χ0v) is 12.7. The molecule has 0 aromatic heterocycles. The lowest BCUT2D eigenvalue weighted by Crippen LogP contribution is -2.21. The van der Waals surface area contributed by atoms with Crippen LogP contribution in [0.1, 0.15) is 12.0 Å². The number of nitrogens with zero attached hydrogens (tertiary/aromatic N) is 2. The third-order valence-electron chi connectivity index (χ3n) is 3.41. The van der Waals surface area contributed by atoms with Gasteiger partial charge in [-0.05, 0) is 23.8 Å². The van der Waals surface area contributed by atoms with E-state index in [1.165, 1.54) is 12.1 Å². The van der Waals surface area contributed by atoms with Crippen molar-refractivity contribution in [3.63, 3.8) is 0 Å². The van der Waals surface area contributed by atoms with E-state index in [-0.39, 0.29) is 28.6 Å². The molecule has 0 spiro atoms. The third-order valence-corrected chi connectivity index (χ3v) is 4.26. The van der Waals surface area contributed by atoms with Crippen LogP contribution in [0.5, 0.6) is 0 Å². The second-order valence-electron chi connectivity index (χ2n) is 4.99. The van der Waals surface area contributed by atoms with Crippen molar-refractivity contribution in [2.24, 2.45) is 5.10 Å². The molecule has 0 saturated carbocycles. The lowest BCUT2D eigenvalue weighted by atomic mass is 10.1. The molecule has 2 aromatic rings. The molecule has 0 saturated heterocycles. The minimum absolute atomic E-state index is 0.0338. The maximum absolute atomic E-state index is 12.2. The normalized spacial score (nSPS) is 14.9. The van der Waals surface area contributed by atoms with E-state index in [0.29, 0.717) is 5.71 Å². The highest BCUT2D eigenvalue weighted by Gasteiger charge is 2.27. The van der Waals surface area contributed by atoms with Crippen LogP contribution in [0.2, 0.25) is 0 Å². The summed E-state index contributed by atoms with van der Waals surface area (Å²) < 4.78 is 31.2. The van der Waals surface area contributed by atoms with E-state index in [1.54, 1.807) is 0 Å². The molecule has 118 valence electrons. The molecule has 2 aromatic carbocycles. The fraction of sp³-hybridized carbons (Fsp3) is 0.0667. The molecule has 8 heteroatoms. The first-order valence-electron chi connectivity index (χ1n) is 6.69. The Labute approximate surface area is 132 Å². The fourth-order valence-corrected chi connectivity index (χ4v) is 2.81. The predicted molar refractivity (Wildman–Crippen MR) is 85.8 cm³/mol. The number of anilines is 2. The van der Waals surface area contributed by atoms with Crippen molar-refractivity contribution in [1.29, 1.82) is 0 Å². The van der Waals surface area contributed by atoms with Gasteiger partial charge in [-0.1, -0.05) is 30.3 Å². The zero-order chi connectivity index (χ0) is 16.6. The summed E-state index contributed by atoms with van der Waals surface area (Å²) in [5.41, 5.74) is 7.55. The number of nitrogens with two attached hydrogens (primary N) is 1. The largest absolute Gasteiger partial charge is 0.397 e. The van der Waals surface area contributed by atoms with Crippen molar-refractivity contribution < 1.29 is 17.8 Å². The van der Waals surface area contributed by atoms with Gasteiger partial charge in [-0.15, -0.1) is 0 Å². The average molecular weight is 331 g/mol. The number of amides is 1.